The van der Waals surface area contributed by atoms with Crippen LogP contribution in [-0.4, -0.2) is 29.3 Å². The van der Waals surface area contributed by atoms with Gasteiger partial charge in [-0.25, -0.2) is 0 Å². The average Bonchev–Trinajstić information content (AvgIpc) is 2.70. The maximum atomic E-state index is 12.0. The normalized spacial score (nSPS) is 21.1. The van der Waals surface area contributed by atoms with Gasteiger partial charge in [-0.05, 0) is 34.5 Å². The maximum Gasteiger partial charge on any atom is 0.246 e. The summed E-state index contributed by atoms with van der Waals surface area (Å²) in [6, 6.07) is 3.63. The van der Waals surface area contributed by atoms with Gasteiger partial charge in [-0.3, -0.25) is 19.8 Å². The fourth-order valence-electron chi connectivity index (χ4n) is 1.78. The number of hydrogen-bond acceptors (Lipinski definition) is 4. The number of nitrogens with zero attached hydrogens (tertiary/aromatic N) is 1. The average molecular weight is 317 g/mol. The molecule has 1 aromatic rings. The van der Waals surface area contributed by atoms with Crippen LogP contribution in [0.15, 0.2) is 15.9 Å². The van der Waals surface area contributed by atoms with Crippen LogP contribution in [0.5, 0.6) is 0 Å². The topological polar surface area (TPSA) is 49.4 Å². The number of amides is 2. The molecule has 17 heavy (non-hydrogen) atoms. The van der Waals surface area contributed by atoms with E-state index in [1.54, 1.807) is 11.3 Å². The molecule has 0 bridgehead atoms. The first-order valence-corrected chi connectivity index (χ1v) is 7.04. The predicted molar refractivity (Wildman–Crippen MR) is 69.7 cm³/mol. The first-order valence-electron chi connectivity index (χ1n) is 5.43. The lowest BCUT2D eigenvalue weighted by atomic mass is 10.1. The molecule has 2 amide bonds. The molecule has 1 unspecified atom stereocenters. The lowest BCUT2D eigenvalue weighted by Gasteiger charge is -2.30. The van der Waals surface area contributed by atoms with E-state index >= 15 is 0 Å². The van der Waals surface area contributed by atoms with E-state index < -0.39 is 0 Å². The van der Waals surface area contributed by atoms with Gasteiger partial charge in [0.25, 0.3) is 0 Å². The summed E-state index contributed by atoms with van der Waals surface area (Å²) >= 11 is 4.91. The third-order valence-electron chi connectivity index (χ3n) is 2.72. The number of thiophene rings is 1. The number of carbonyl (C=O) groups is 2. The van der Waals surface area contributed by atoms with Crippen molar-refractivity contribution in [3.63, 3.8) is 0 Å². The van der Waals surface area contributed by atoms with Gasteiger partial charge in [-0.2, -0.15) is 0 Å². The van der Waals surface area contributed by atoms with Crippen molar-refractivity contribution < 1.29 is 9.59 Å². The van der Waals surface area contributed by atoms with Crippen LogP contribution >= 0.6 is 27.3 Å². The Labute approximate surface area is 112 Å². The number of rotatable bonds is 3. The number of piperazine rings is 1. The van der Waals surface area contributed by atoms with Gasteiger partial charge >= 0.3 is 0 Å². The molecule has 92 valence electrons. The summed E-state index contributed by atoms with van der Waals surface area (Å²) in [5.74, 6) is -0.266. The smallest absolute Gasteiger partial charge is 0.246 e. The van der Waals surface area contributed by atoms with Gasteiger partial charge < -0.3 is 0 Å². The summed E-state index contributed by atoms with van der Waals surface area (Å²) in [4.78, 5) is 26.1. The molecule has 1 fully saturated rings. The molecule has 6 heteroatoms. The molecule has 2 heterocycles. The van der Waals surface area contributed by atoms with Crippen molar-refractivity contribution in [1.29, 1.82) is 0 Å². The second-order valence-corrected chi connectivity index (χ2v) is 6.41. The number of carbonyl (C=O) groups excluding carboxylic acids is 2. The van der Waals surface area contributed by atoms with Crippen molar-refractivity contribution >= 4 is 39.1 Å². The molecule has 0 aliphatic carbocycles. The minimum Gasteiger partial charge on any atom is -0.297 e. The molecule has 0 spiro atoms. The van der Waals surface area contributed by atoms with Gasteiger partial charge in [-0.15, -0.1) is 11.3 Å². The molecule has 0 saturated carbocycles. The lowest BCUT2D eigenvalue weighted by molar-refractivity contribution is -0.150. The van der Waals surface area contributed by atoms with Crippen LogP contribution in [0.3, 0.4) is 0 Å². The first-order chi connectivity index (χ1) is 8.11. The third-order valence-corrected chi connectivity index (χ3v) is 4.32. The number of nitrogens with one attached hydrogen (secondary N) is 1. The number of halogens is 1. The number of hydrogen-bond donors (Lipinski definition) is 1. The van der Waals surface area contributed by atoms with Gasteiger partial charge in [0.2, 0.25) is 11.8 Å². The SMILES string of the molecule is CCC1NCC(=O)N(Cc2ccc(Br)s2)C1=O. The Balaban J connectivity index is 2.12. The van der Waals surface area contributed by atoms with Gasteiger partial charge in [0.1, 0.15) is 0 Å². The molecule has 2 rings (SSSR count). The predicted octanol–water partition coefficient (Wildman–Crippen LogP) is 1.75. The standard InChI is InChI=1S/C11H13BrN2O2S/c1-2-8-11(16)14(10(15)5-13-8)6-7-3-4-9(12)17-7/h3-4,8,13H,2,5-6H2,1H3. The van der Waals surface area contributed by atoms with Crippen LogP contribution in [0.4, 0.5) is 0 Å². The zero-order valence-electron chi connectivity index (χ0n) is 9.40. The van der Waals surface area contributed by atoms with E-state index in [0.717, 1.165) is 8.66 Å². The molecule has 1 aliphatic heterocycles. The molecular formula is C11H13BrN2O2S. The van der Waals surface area contributed by atoms with E-state index in [0.29, 0.717) is 13.0 Å². The fraction of sp³-hybridized carbons (Fsp3) is 0.455. The van der Waals surface area contributed by atoms with Crippen LogP contribution in [0.1, 0.15) is 18.2 Å². The van der Waals surface area contributed by atoms with E-state index in [1.807, 2.05) is 19.1 Å². The summed E-state index contributed by atoms with van der Waals surface area (Å²) in [5.41, 5.74) is 0. The maximum absolute atomic E-state index is 12.0. The second-order valence-electron chi connectivity index (χ2n) is 3.87. The van der Waals surface area contributed by atoms with E-state index in [-0.39, 0.29) is 24.4 Å². The minimum absolute atomic E-state index is 0.117. The van der Waals surface area contributed by atoms with Crippen LogP contribution in [0.2, 0.25) is 0 Å². The lowest BCUT2D eigenvalue weighted by Crippen LogP contribution is -2.57. The van der Waals surface area contributed by atoms with E-state index in [1.165, 1.54) is 4.90 Å². The minimum atomic E-state index is -0.226. The summed E-state index contributed by atoms with van der Waals surface area (Å²) in [6.45, 7) is 2.56. The van der Waals surface area contributed by atoms with Crippen molar-refractivity contribution in [2.75, 3.05) is 6.54 Å². The highest BCUT2D eigenvalue weighted by atomic mass is 79.9. The van der Waals surface area contributed by atoms with Crippen molar-refractivity contribution in [2.24, 2.45) is 0 Å². The molecular weight excluding hydrogens is 304 g/mol. The monoisotopic (exact) mass is 316 g/mol. The first kappa shape index (κ1) is 12.7. The van der Waals surface area contributed by atoms with Crippen molar-refractivity contribution in [1.82, 2.24) is 10.2 Å². The summed E-state index contributed by atoms with van der Waals surface area (Å²) in [5, 5.41) is 2.94. The highest BCUT2D eigenvalue weighted by Crippen LogP contribution is 2.24. The quantitative estimate of drug-likeness (QED) is 0.864. The molecule has 0 radical (unpaired) electrons. The van der Waals surface area contributed by atoms with Crippen LogP contribution < -0.4 is 5.32 Å². The van der Waals surface area contributed by atoms with Crippen LogP contribution in [-0.2, 0) is 16.1 Å². The Kier molecular flexibility index (Phi) is 3.96. The van der Waals surface area contributed by atoms with Gasteiger partial charge in [-0.1, -0.05) is 6.92 Å². The van der Waals surface area contributed by atoms with E-state index in [4.69, 9.17) is 0 Å². The number of imide groups is 1. The molecule has 1 N–H and O–H groups in total. The largest absolute Gasteiger partial charge is 0.297 e. The highest BCUT2D eigenvalue weighted by molar-refractivity contribution is 9.11. The highest BCUT2D eigenvalue weighted by Gasteiger charge is 2.32. The van der Waals surface area contributed by atoms with Gasteiger partial charge in [0.05, 0.1) is 22.9 Å². The Morgan fingerprint density at radius 3 is 2.88 bits per heavy atom. The summed E-state index contributed by atoms with van der Waals surface area (Å²) < 4.78 is 1.01. The molecule has 1 atom stereocenters. The summed E-state index contributed by atoms with van der Waals surface area (Å²) in [7, 11) is 0. The van der Waals surface area contributed by atoms with E-state index in [9.17, 15) is 9.59 Å². The molecule has 4 nitrogen and oxygen atoms in total. The Bertz CT molecular complexity index is 446. The molecule has 1 saturated heterocycles. The Morgan fingerprint density at radius 2 is 2.29 bits per heavy atom. The zero-order chi connectivity index (χ0) is 12.4. The van der Waals surface area contributed by atoms with Gasteiger partial charge in [0.15, 0.2) is 0 Å². The fourth-order valence-corrected chi connectivity index (χ4v) is 3.25. The molecule has 0 aromatic carbocycles. The van der Waals surface area contributed by atoms with Crippen molar-refractivity contribution in [3.8, 4) is 0 Å². The van der Waals surface area contributed by atoms with Crippen molar-refractivity contribution in [3.05, 3.63) is 20.8 Å². The van der Waals surface area contributed by atoms with Crippen LogP contribution in [0, 0.1) is 0 Å². The van der Waals surface area contributed by atoms with Crippen molar-refractivity contribution in [2.45, 2.75) is 25.9 Å². The second kappa shape index (κ2) is 5.29. The Morgan fingerprint density at radius 1 is 1.53 bits per heavy atom. The Hall–Kier alpha value is -0.720. The van der Waals surface area contributed by atoms with Gasteiger partial charge in [0, 0.05) is 4.88 Å². The third kappa shape index (κ3) is 2.75. The zero-order valence-corrected chi connectivity index (χ0v) is 11.8. The van der Waals surface area contributed by atoms with E-state index in [2.05, 4.69) is 21.2 Å². The van der Waals surface area contributed by atoms with Crippen LogP contribution in [0.25, 0.3) is 0 Å². The molecule has 1 aliphatic rings. The molecule has 1 aromatic heterocycles. The summed E-state index contributed by atoms with van der Waals surface area (Å²) in [6.07, 6.45) is 0.705.